The minimum Gasteiger partial charge on any atom is -0.482 e. The van der Waals surface area contributed by atoms with Crippen molar-refractivity contribution in [1.82, 2.24) is 4.90 Å². The zero-order valence-corrected chi connectivity index (χ0v) is 21.7. The van der Waals surface area contributed by atoms with Crippen LogP contribution >= 0.6 is 0 Å². The lowest BCUT2D eigenvalue weighted by Crippen LogP contribution is -2.34. The summed E-state index contributed by atoms with van der Waals surface area (Å²) >= 11 is 0. The number of ether oxygens (including phenoxy) is 1. The van der Waals surface area contributed by atoms with Crippen molar-refractivity contribution in [2.75, 3.05) is 19.7 Å². The fraction of sp³-hybridized carbons (Fsp3) is 0.212. The summed E-state index contributed by atoms with van der Waals surface area (Å²) in [7, 11) is 0. The SMILES string of the molecule is O=C(O)COc1cccc(CCCN(CCC(c2ccccc2)c2ccccc2)C(=O)c2ccc(F)cc2)c1. The predicted octanol–water partition coefficient (Wildman–Crippen LogP) is 6.59. The number of halogens is 1. The van der Waals surface area contributed by atoms with Gasteiger partial charge in [-0.1, -0.05) is 72.8 Å². The van der Waals surface area contributed by atoms with E-state index in [1.807, 2.05) is 59.5 Å². The lowest BCUT2D eigenvalue weighted by molar-refractivity contribution is -0.139. The number of benzene rings is 4. The number of hydrogen-bond donors (Lipinski definition) is 1. The molecule has 0 radical (unpaired) electrons. The van der Waals surface area contributed by atoms with E-state index in [0.717, 1.165) is 12.0 Å². The summed E-state index contributed by atoms with van der Waals surface area (Å²) in [5.41, 5.74) is 3.84. The monoisotopic (exact) mass is 525 g/mol. The van der Waals surface area contributed by atoms with Crippen molar-refractivity contribution in [1.29, 1.82) is 0 Å². The molecule has 0 aliphatic heterocycles. The van der Waals surface area contributed by atoms with Gasteiger partial charge in [-0.2, -0.15) is 0 Å². The van der Waals surface area contributed by atoms with Crippen LogP contribution in [0.1, 0.15) is 45.8 Å². The molecular formula is C33H32FNO4. The van der Waals surface area contributed by atoms with Gasteiger partial charge in [0.15, 0.2) is 6.61 Å². The lowest BCUT2D eigenvalue weighted by Gasteiger charge is -2.26. The second-order valence-corrected chi connectivity index (χ2v) is 9.40. The molecule has 39 heavy (non-hydrogen) atoms. The van der Waals surface area contributed by atoms with Crippen LogP contribution in [-0.2, 0) is 11.2 Å². The summed E-state index contributed by atoms with van der Waals surface area (Å²) in [6, 6.07) is 33.6. The first-order valence-corrected chi connectivity index (χ1v) is 13.1. The molecular weight excluding hydrogens is 493 g/mol. The van der Waals surface area contributed by atoms with Crippen LogP contribution in [0, 0.1) is 5.82 Å². The third kappa shape index (κ3) is 8.27. The molecule has 0 spiro atoms. The average Bonchev–Trinajstić information content (AvgIpc) is 2.96. The van der Waals surface area contributed by atoms with Crippen LogP contribution in [0.3, 0.4) is 0 Å². The van der Waals surface area contributed by atoms with Crippen LogP contribution in [0.5, 0.6) is 5.75 Å². The summed E-state index contributed by atoms with van der Waals surface area (Å²) in [5.74, 6) is -0.911. The minimum absolute atomic E-state index is 0.124. The van der Waals surface area contributed by atoms with Crippen molar-refractivity contribution in [3.05, 3.63) is 137 Å². The van der Waals surface area contributed by atoms with Crippen molar-refractivity contribution < 1.29 is 23.8 Å². The van der Waals surface area contributed by atoms with Gasteiger partial charge in [-0.25, -0.2) is 9.18 Å². The predicted molar refractivity (Wildman–Crippen MR) is 150 cm³/mol. The Kier molecular flexibility index (Phi) is 9.84. The van der Waals surface area contributed by atoms with Crippen LogP contribution in [0.25, 0.3) is 0 Å². The van der Waals surface area contributed by atoms with Crippen LogP contribution in [0.2, 0.25) is 0 Å². The highest BCUT2D eigenvalue weighted by Gasteiger charge is 2.20. The Morgan fingerprint density at radius 3 is 2.05 bits per heavy atom. The molecule has 200 valence electrons. The molecule has 0 fully saturated rings. The Morgan fingerprint density at radius 1 is 0.795 bits per heavy atom. The molecule has 0 aliphatic rings. The zero-order chi connectivity index (χ0) is 27.5. The highest BCUT2D eigenvalue weighted by Crippen LogP contribution is 2.28. The van der Waals surface area contributed by atoms with E-state index in [4.69, 9.17) is 9.84 Å². The van der Waals surface area contributed by atoms with Crippen LogP contribution in [-0.4, -0.2) is 41.6 Å². The molecule has 0 aliphatic carbocycles. The molecule has 0 heterocycles. The van der Waals surface area contributed by atoms with Crippen molar-refractivity contribution in [2.24, 2.45) is 0 Å². The molecule has 1 N–H and O–H groups in total. The van der Waals surface area contributed by atoms with Gasteiger partial charge < -0.3 is 14.7 Å². The largest absolute Gasteiger partial charge is 0.482 e. The van der Waals surface area contributed by atoms with E-state index in [0.29, 0.717) is 37.2 Å². The number of carboxylic acid groups (broad SMARTS) is 1. The maximum atomic E-state index is 13.5. The van der Waals surface area contributed by atoms with Crippen LogP contribution in [0.15, 0.2) is 109 Å². The maximum Gasteiger partial charge on any atom is 0.341 e. The molecule has 0 saturated carbocycles. The highest BCUT2D eigenvalue weighted by molar-refractivity contribution is 5.94. The third-order valence-corrected chi connectivity index (χ3v) is 6.62. The quantitative estimate of drug-likeness (QED) is 0.214. The van der Waals surface area contributed by atoms with Gasteiger partial charge in [0.25, 0.3) is 5.91 Å². The van der Waals surface area contributed by atoms with E-state index in [9.17, 15) is 14.0 Å². The lowest BCUT2D eigenvalue weighted by atomic mass is 9.88. The number of nitrogens with zero attached hydrogens (tertiary/aromatic N) is 1. The maximum absolute atomic E-state index is 13.5. The van der Waals surface area contributed by atoms with Gasteiger partial charge in [-0.3, -0.25) is 4.79 Å². The second-order valence-electron chi connectivity index (χ2n) is 9.40. The fourth-order valence-corrected chi connectivity index (χ4v) is 4.68. The molecule has 0 bridgehead atoms. The van der Waals surface area contributed by atoms with E-state index >= 15 is 0 Å². The Morgan fingerprint density at radius 2 is 1.44 bits per heavy atom. The zero-order valence-electron chi connectivity index (χ0n) is 21.7. The molecule has 0 atom stereocenters. The van der Waals surface area contributed by atoms with Crippen LogP contribution in [0.4, 0.5) is 4.39 Å². The van der Waals surface area contributed by atoms with E-state index in [2.05, 4.69) is 24.3 Å². The number of aryl methyl sites for hydroxylation is 1. The summed E-state index contributed by atoms with van der Waals surface area (Å²) in [5, 5.41) is 8.86. The molecule has 0 aromatic heterocycles. The molecule has 0 saturated heterocycles. The standard InChI is InChI=1S/C33H32FNO4/c34-29-18-16-28(17-19-29)33(38)35(21-8-10-25-9-7-15-30(23-25)39-24-32(36)37)22-20-31(26-11-3-1-4-12-26)27-13-5-2-6-14-27/h1-7,9,11-19,23,31H,8,10,20-22,24H2,(H,36,37). The van der Waals surface area contributed by atoms with E-state index < -0.39 is 12.6 Å². The van der Waals surface area contributed by atoms with Crippen molar-refractivity contribution in [2.45, 2.75) is 25.2 Å². The first kappa shape index (κ1) is 27.6. The third-order valence-electron chi connectivity index (χ3n) is 6.62. The number of rotatable bonds is 13. The van der Waals surface area contributed by atoms with Crippen molar-refractivity contribution in [3.63, 3.8) is 0 Å². The second kappa shape index (κ2) is 13.9. The van der Waals surface area contributed by atoms with E-state index in [-0.39, 0.29) is 17.6 Å². The number of amides is 1. The normalized spacial score (nSPS) is 10.8. The average molecular weight is 526 g/mol. The van der Waals surface area contributed by atoms with Gasteiger partial charge in [-0.05, 0) is 72.4 Å². The van der Waals surface area contributed by atoms with Gasteiger partial charge in [0.05, 0.1) is 0 Å². The number of carbonyl (C=O) groups is 2. The Labute approximate surface area is 228 Å². The smallest absolute Gasteiger partial charge is 0.341 e. The minimum atomic E-state index is -1.03. The summed E-state index contributed by atoms with van der Waals surface area (Å²) in [4.78, 5) is 26.2. The van der Waals surface area contributed by atoms with Gasteiger partial charge in [0.1, 0.15) is 11.6 Å². The molecule has 0 unspecified atom stereocenters. The Hall–Kier alpha value is -4.45. The van der Waals surface area contributed by atoms with Gasteiger partial charge in [-0.15, -0.1) is 0 Å². The Bertz CT molecular complexity index is 1300. The van der Waals surface area contributed by atoms with Crippen LogP contribution < -0.4 is 4.74 Å². The van der Waals surface area contributed by atoms with E-state index in [1.165, 1.54) is 35.4 Å². The van der Waals surface area contributed by atoms with Gasteiger partial charge in [0, 0.05) is 24.6 Å². The topological polar surface area (TPSA) is 66.8 Å². The highest BCUT2D eigenvalue weighted by atomic mass is 19.1. The van der Waals surface area contributed by atoms with E-state index in [1.54, 1.807) is 6.07 Å². The van der Waals surface area contributed by atoms with Gasteiger partial charge in [0.2, 0.25) is 0 Å². The molecule has 5 nitrogen and oxygen atoms in total. The summed E-state index contributed by atoms with van der Waals surface area (Å²) in [6.45, 7) is 0.659. The first-order chi connectivity index (χ1) is 19.0. The number of hydrogen-bond acceptors (Lipinski definition) is 3. The fourth-order valence-electron chi connectivity index (χ4n) is 4.68. The molecule has 6 heteroatoms. The number of aliphatic carboxylic acids is 1. The van der Waals surface area contributed by atoms with Crippen molar-refractivity contribution in [3.8, 4) is 5.75 Å². The molecule has 4 rings (SSSR count). The molecule has 1 amide bonds. The Balaban J connectivity index is 1.48. The molecule has 4 aromatic rings. The summed E-state index contributed by atoms with van der Waals surface area (Å²) < 4.78 is 18.8. The van der Waals surface area contributed by atoms with Gasteiger partial charge >= 0.3 is 5.97 Å². The number of carbonyl (C=O) groups excluding carboxylic acids is 1. The first-order valence-electron chi connectivity index (χ1n) is 13.1. The summed E-state index contributed by atoms with van der Waals surface area (Å²) in [6.07, 6.45) is 2.13. The number of carboxylic acids is 1. The molecule has 4 aromatic carbocycles. The van der Waals surface area contributed by atoms with Crippen molar-refractivity contribution >= 4 is 11.9 Å².